The van der Waals surface area contributed by atoms with Gasteiger partial charge in [-0.1, -0.05) is 6.07 Å². The van der Waals surface area contributed by atoms with E-state index in [1.54, 1.807) is 0 Å². The van der Waals surface area contributed by atoms with Crippen molar-refractivity contribution in [1.82, 2.24) is 4.90 Å². The molecule has 1 aromatic carbocycles. The van der Waals surface area contributed by atoms with Crippen molar-refractivity contribution in [3.8, 4) is 0 Å². The lowest BCUT2D eigenvalue weighted by Gasteiger charge is -2.27. The van der Waals surface area contributed by atoms with Gasteiger partial charge in [0.2, 0.25) is 0 Å². The summed E-state index contributed by atoms with van der Waals surface area (Å²) in [5, 5.41) is 0. The number of amides is 1. The van der Waals surface area contributed by atoms with E-state index in [1.807, 2.05) is 23.1 Å². The van der Waals surface area contributed by atoms with Gasteiger partial charge in [0, 0.05) is 21.1 Å². The number of piperidine rings is 1. The fourth-order valence-electron chi connectivity index (χ4n) is 1.94. The van der Waals surface area contributed by atoms with E-state index in [4.69, 9.17) is 0 Å². The highest BCUT2D eigenvalue weighted by atomic mass is 127. The zero-order valence-corrected chi connectivity index (χ0v) is 12.6. The van der Waals surface area contributed by atoms with Crippen LogP contribution in [0.4, 0.5) is 0 Å². The second kappa shape index (κ2) is 5.49. The molecule has 0 N–H and O–H groups in total. The van der Waals surface area contributed by atoms with Crippen LogP contribution in [0.1, 0.15) is 29.6 Å². The smallest absolute Gasteiger partial charge is 0.254 e. The highest BCUT2D eigenvalue weighted by molar-refractivity contribution is 14.1. The van der Waals surface area contributed by atoms with Crippen LogP contribution in [-0.4, -0.2) is 23.9 Å². The zero-order chi connectivity index (χ0) is 11.5. The first-order valence-electron chi connectivity index (χ1n) is 5.43. The summed E-state index contributed by atoms with van der Waals surface area (Å²) in [5.74, 6) is 0.172. The number of rotatable bonds is 1. The summed E-state index contributed by atoms with van der Waals surface area (Å²) in [7, 11) is 0. The van der Waals surface area contributed by atoms with E-state index in [9.17, 15) is 4.79 Å². The number of carbonyl (C=O) groups excluding carboxylic acids is 1. The third-order valence-electron chi connectivity index (χ3n) is 2.83. The fourth-order valence-corrected chi connectivity index (χ4v) is 2.89. The molecule has 0 radical (unpaired) electrons. The fraction of sp³-hybridized carbons (Fsp3) is 0.417. The maximum absolute atomic E-state index is 12.3. The number of carbonyl (C=O) groups is 1. The molecule has 4 heteroatoms. The van der Waals surface area contributed by atoms with Crippen molar-refractivity contribution in [2.24, 2.45) is 0 Å². The van der Waals surface area contributed by atoms with Crippen molar-refractivity contribution in [1.29, 1.82) is 0 Å². The van der Waals surface area contributed by atoms with E-state index in [2.05, 4.69) is 38.5 Å². The third-order valence-corrected chi connectivity index (χ3v) is 5.39. The van der Waals surface area contributed by atoms with Crippen LogP contribution >= 0.6 is 38.5 Å². The Morgan fingerprint density at radius 3 is 2.62 bits per heavy atom. The molecule has 86 valence electrons. The summed E-state index contributed by atoms with van der Waals surface area (Å²) in [5.41, 5.74) is 0.817. The van der Waals surface area contributed by atoms with Crippen molar-refractivity contribution < 1.29 is 4.79 Å². The van der Waals surface area contributed by atoms with Gasteiger partial charge in [0.1, 0.15) is 0 Å². The molecular weight excluding hydrogens is 381 g/mol. The summed E-state index contributed by atoms with van der Waals surface area (Å²) < 4.78 is 2.01. The normalized spacial score (nSPS) is 16.2. The minimum absolute atomic E-state index is 0.172. The highest BCUT2D eigenvalue weighted by Crippen LogP contribution is 2.24. The minimum atomic E-state index is 0.172. The van der Waals surface area contributed by atoms with Crippen LogP contribution in [0.25, 0.3) is 0 Å². The molecule has 2 nitrogen and oxygen atoms in total. The monoisotopic (exact) mass is 393 g/mol. The first-order valence-corrected chi connectivity index (χ1v) is 7.30. The molecule has 1 saturated heterocycles. The van der Waals surface area contributed by atoms with Gasteiger partial charge in [0.15, 0.2) is 0 Å². The first-order chi connectivity index (χ1) is 7.70. The van der Waals surface area contributed by atoms with Gasteiger partial charge in [0.05, 0.1) is 5.56 Å². The van der Waals surface area contributed by atoms with Crippen LogP contribution in [0.2, 0.25) is 0 Å². The Hall–Kier alpha value is -0.100. The van der Waals surface area contributed by atoms with Crippen LogP contribution < -0.4 is 0 Å². The maximum Gasteiger partial charge on any atom is 0.254 e. The quantitative estimate of drug-likeness (QED) is 0.666. The molecular formula is C12H13BrINO. The molecule has 0 aromatic heterocycles. The summed E-state index contributed by atoms with van der Waals surface area (Å²) in [6.07, 6.45) is 3.52. The molecule has 1 fully saturated rings. The summed E-state index contributed by atoms with van der Waals surface area (Å²) in [4.78, 5) is 14.2. The van der Waals surface area contributed by atoms with Gasteiger partial charge in [-0.3, -0.25) is 4.79 Å². The lowest BCUT2D eigenvalue weighted by Crippen LogP contribution is -2.36. The number of hydrogen-bond donors (Lipinski definition) is 0. The molecule has 1 amide bonds. The second-order valence-electron chi connectivity index (χ2n) is 3.95. The van der Waals surface area contributed by atoms with E-state index < -0.39 is 0 Å². The van der Waals surface area contributed by atoms with E-state index >= 15 is 0 Å². The number of hydrogen-bond acceptors (Lipinski definition) is 1. The number of benzene rings is 1. The largest absolute Gasteiger partial charge is 0.339 e. The van der Waals surface area contributed by atoms with Crippen LogP contribution in [0.15, 0.2) is 22.7 Å². The molecule has 0 aliphatic carbocycles. The molecule has 0 saturated carbocycles. The standard InChI is InChI=1S/C12H13BrINO/c13-10-6-4-5-9(11(10)14)12(16)15-7-2-1-3-8-15/h4-6H,1-3,7-8H2. The van der Waals surface area contributed by atoms with Crippen molar-refractivity contribution in [2.45, 2.75) is 19.3 Å². The third kappa shape index (κ3) is 2.59. The summed E-state index contributed by atoms with van der Waals surface area (Å²) in [6.45, 7) is 1.81. The van der Waals surface area contributed by atoms with Gasteiger partial charge in [-0.25, -0.2) is 0 Å². The Labute approximate surface area is 118 Å². The van der Waals surface area contributed by atoms with E-state index in [0.717, 1.165) is 39.5 Å². The van der Waals surface area contributed by atoms with Gasteiger partial charge in [0.25, 0.3) is 5.91 Å². The molecule has 1 aliphatic rings. The summed E-state index contributed by atoms with van der Waals surface area (Å²) in [6, 6.07) is 5.79. The molecule has 1 aliphatic heterocycles. The van der Waals surface area contributed by atoms with Crippen LogP contribution in [0, 0.1) is 3.57 Å². The van der Waals surface area contributed by atoms with Crippen molar-refractivity contribution in [3.63, 3.8) is 0 Å². The molecule has 1 heterocycles. The second-order valence-corrected chi connectivity index (χ2v) is 5.89. The van der Waals surface area contributed by atoms with Gasteiger partial charge in [-0.2, -0.15) is 0 Å². The van der Waals surface area contributed by atoms with Gasteiger partial charge in [-0.15, -0.1) is 0 Å². The molecule has 2 rings (SSSR count). The lowest BCUT2D eigenvalue weighted by molar-refractivity contribution is 0.0723. The van der Waals surface area contributed by atoms with E-state index in [0.29, 0.717) is 0 Å². The Morgan fingerprint density at radius 1 is 1.25 bits per heavy atom. The minimum Gasteiger partial charge on any atom is -0.339 e. The number of halogens is 2. The van der Waals surface area contributed by atoms with E-state index in [-0.39, 0.29) is 5.91 Å². The topological polar surface area (TPSA) is 20.3 Å². The van der Waals surface area contributed by atoms with Crippen LogP contribution in [0.3, 0.4) is 0 Å². The zero-order valence-electron chi connectivity index (χ0n) is 8.88. The molecule has 1 aromatic rings. The molecule has 0 spiro atoms. The predicted octanol–water partition coefficient (Wildman–Crippen LogP) is 3.68. The molecule has 0 bridgehead atoms. The van der Waals surface area contributed by atoms with Crippen molar-refractivity contribution >= 4 is 44.4 Å². The maximum atomic E-state index is 12.3. The number of likely N-dealkylation sites (tertiary alicyclic amines) is 1. The van der Waals surface area contributed by atoms with Crippen LogP contribution in [-0.2, 0) is 0 Å². The average Bonchev–Trinajstić information content (AvgIpc) is 2.33. The van der Waals surface area contributed by atoms with Crippen molar-refractivity contribution in [2.75, 3.05) is 13.1 Å². The Kier molecular flexibility index (Phi) is 4.24. The average molecular weight is 394 g/mol. The SMILES string of the molecule is O=C(c1cccc(Br)c1I)N1CCCCC1. The van der Waals surface area contributed by atoms with Crippen molar-refractivity contribution in [3.05, 3.63) is 31.8 Å². The number of nitrogens with zero attached hydrogens (tertiary/aromatic N) is 1. The predicted molar refractivity (Wildman–Crippen MR) is 76.6 cm³/mol. The van der Waals surface area contributed by atoms with Gasteiger partial charge in [-0.05, 0) is 69.9 Å². The van der Waals surface area contributed by atoms with Crippen LogP contribution in [0.5, 0.6) is 0 Å². The Morgan fingerprint density at radius 2 is 1.94 bits per heavy atom. The van der Waals surface area contributed by atoms with Gasteiger partial charge < -0.3 is 4.90 Å². The Bertz CT molecular complexity index is 402. The highest BCUT2D eigenvalue weighted by Gasteiger charge is 2.20. The van der Waals surface area contributed by atoms with Gasteiger partial charge >= 0.3 is 0 Å². The molecule has 16 heavy (non-hydrogen) atoms. The van der Waals surface area contributed by atoms with E-state index in [1.165, 1.54) is 6.42 Å². The first kappa shape index (κ1) is 12.4. The Balaban J connectivity index is 2.22. The molecule has 0 unspecified atom stereocenters. The molecule has 0 atom stereocenters. The summed E-state index contributed by atoms with van der Waals surface area (Å²) >= 11 is 5.68. The lowest BCUT2D eigenvalue weighted by atomic mass is 10.1.